The van der Waals surface area contributed by atoms with Gasteiger partial charge in [0.1, 0.15) is 11.5 Å². The Balaban J connectivity index is 2.52. The fourth-order valence-corrected chi connectivity index (χ4v) is 1.49. The third-order valence-corrected chi connectivity index (χ3v) is 2.20. The molecule has 0 aliphatic carbocycles. The molecule has 0 aliphatic heterocycles. The first-order valence-corrected chi connectivity index (χ1v) is 4.36. The van der Waals surface area contributed by atoms with E-state index in [1.54, 1.807) is 18.2 Å². The third-order valence-electron chi connectivity index (χ3n) is 1.43. The zero-order valence-corrected chi connectivity index (χ0v) is 7.34. The number of nitrogens with one attached hydrogen (secondary N) is 1. The molecule has 0 spiro atoms. The summed E-state index contributed by atoms with van der Waals surface area (Å²) >= 11 is 1.01. The van der Waals surface area contributed by atoms with Crippen molar-refractivity contribution in [3.05, 3.63) is 27.9 Å². The number of nitrogens with two attached hydrogens (primary N) is 1. The summed E-state index contributed by atoms with van der Waals surface area (Å²) in [6.45, 7) is 0. The normalized spacial score (nSPS) is 10.2. The molecule has 2 heterocycles. The van der Waals surface area contributed by atoms with Gasteiger partial charge in [-0.2, -0.15) is 5.10 Å². The second kappa shape index (κ2) is 2.98. The summed E-state index contributed by atoms with van der Waals surface area (Å²) in [6, 6.07) is 5.20. The first kappa shape index (κ1) is 7.93. The summed E-state index contributed by atoms with van der Waals surface area (Å²) in [5, 5.41) is 6.66. The van der Waals surface area contributed by atoms with Crippen LogP contribution in [0.2, 0.25) is 0 Å². The molecule has 0 radical (unpaired) electrons. The molecule has 0 saturated carbocycles. The van der Waals surface area contributed by atoms with Gasteiger partial charge in [-0.15, -0.1) is 0 Å². The predicted octanol–water partition coefficient (Wildman–Crippen LogP) is 0.476. The van der Waals surface area contributed by atoms with Crippen LogP contribution in [0.4, 0.5) is 5.82 Å². The highest BCUT2D eigenvalue weighted by atomic mass is 32.1. The van der Waals surface area contributed by atoms with Crippen molar-refractivity contribution in [3.8, 4) is 10.7 Å². The smallest absolute Gasteiger partial charge is 0.322 e. The van der Waals surface area contributed by atoms with Crippen molar-refractivity contribution in [2.24, 2.45) is 0 Å². The Labute approximate surface area is 77.3 Å². The average molecular weight is 194 g/mol. The molecule has 3 N–H and O–H groups in total. The van der Waals surface area contributed by atoms with Crippen molar-refractivity contribution in [2.75, 3.05) is 5.73 Å². The maximum absolute atomic E-state index is 10.8. The molecule has 13 heavy (non-hydrogen) atoms. The van der Waals surface area contributed by atoms with E-state index >= 15 is 0 Å². The Morgan fingerprint density at radius 2 is 2.31 bits per heavy atom. The van der Waals surface area contributed by atoms with E-state index in [1.165, 1.54) is 0 Å². The van der Waals surface area contributed by atoms with Crippen LogP contribution in [0.25, 0.3) is 10.7 Å². The van der Waals surface area contributed by atoms with Gasteiger partial charge in [0.05, 0.1) is 0 Å². The molecule has 5 nitrogen and oxygen atoms in total. The summed E-state index contributed by atoms with van der Waals surface area (Å²) < 4.78 is 0. The maximum Gasteiger partial charge on any atom is 0.322 e. The quantitative estimate of drug-likeness (QED) is 0.691. The monoisotopic (exact) mass is 194 g/mol. The molecular weight excluding hydrogens is 188 g/mol. The van der Waals surface area contributed by atoms with Crippen molar-refractivity contribution in [3.63, 3.8) is 0 Å². The maximum atomic E-state index is 10.8. The first-order chi connectivity index (χ1) is 6.25. The number of hydrogen-bond acceptors (Lipinski definition) is 5. The van der Waals surface area contributed by atoms with Gasteiger partial charge in [0, 0.05) is 0 Å². The van der Waals surface area contributed by atoms with E-state index < -0.39 is 0 Å². The van der Waals surface area contributed by atoms with Gasteiger partial charge in [-0.25, -0.2) is 10.1 Å². The number of H-pyrrole nitrogens is 1. The van der Waals surface area contributed by atoms with Crippen LogP contribution in [-0.4, -0.2) is 15.2 Å². The minimum Gasteiger partial charge on any atom is -0.384 e. The Kier molecular flexibility index (Phi) is 1.82. The van der Waals surface area contributed by atoms with E-state index in [2.05, 4.69) is 15.2 Å². The number of aromatic amines is 1. The second-order valence-corrected chi connectivity index (χ2v) is 3.33. The van der Waals surface area contributed by atoms with Crippen LogP contribution >= 0.6 is 11.3 Å². The highest BCUT2D eigenvalue weighted by Gasteiger charge is 2.03. The van der Waals surface area contributed by atoms with E-state index in [-0.39, 0.29) is 4.87 Å². The van der Waals surface area contributed by atoms with Gasteiger partial charge in [-0.3, -0.25) is 4.79 Å². The van der Waals surface area contributed by atoms with E-state index in [9.17, 15) is 4.79 Å². The average Bonchev–Trinajstić information content (AvgIpc) is 2.52. The molecule has 66 valence electrons. The van der Waals surface area contributed by atoms with Gasteiger partial charge in [0.15, 0.2) is 5.01 Å². The Morgan fingerprint density at radius 1 is 1.46 bits per heavy atom. The fourth-order valence-electron chi connectivity index (χ4n) is 0.910. The minimum atomic E-state index is -0.195. The van der Waals surface area contributed by atoms with Crippen LogP contribution in [0.1, 0.15) is 0 Å². The van der Waals surface area contributed by atoms with Crippen molar-refractivity contribution < 1.29 is 0 Å². The molecular formula is C7H6N4OS. The van der Waals surface area contributed by atoms with Crippen LogP contribution in [0.15, 0.2) is 23.0 Å². The summed E-state index contributed by atoms with van der Waals surface area (Å²) in [4.78, 5) is 14.6. The zero-order valence-electron chi connectivity index (χ0n) is 6.52. The molecule has 0 atom stereocenters. The van der Waals surface area contributed by atoms with Gasteiger partial charge in [0.25, 0.3) is 0 Å². The number of nitrogens with zero attached hydrogens (tertiary/aromatic N) is 2. The standard InChI is InChI=1S/C7H6N4OS/c8-5-3-1-2-4(9-5)6-10-11-7(12)13-6/h1-3H,(H2,8,9)(H,11,12). The van der Waals surface area contributed by atoms with Crippen LogP contribution in [0.5, 0.6) is 0 Å². The van der Waals surface area contributed by atoms with Crippen molar-refractivity contribution in [2.45, 2.75) is 0 Å². The highest BCUT2D eigenvalue weighted by Crippen LogP contribution is 2.16. The number of aromatic nitrogens is 3. The molecule has 2 aromatic rings. The molecule has 6 heteroatoms. The lowest BCUT2D eigenvalue weighted by molar-refractivity contribution is 1.06. The molecule has 0 saturated heterocycles. The van der Waals surface area contributed by atoms with E-state index in [0.717, 1.165) is 11.3 Å². The molecule has 0 fully saturated rings. The first-order valence-electron chi connectivity index (χ1n) is 3.54. The van der Waals surface area contributed by atoms with Crippen LogP contribution in [0, 0.1) is 0 Å². The lowest BCUT2D eigenvalue weighted by Crippen LogP contribution is -1.91. The molecule has 0 aliphatic rings. The van der Waals surface area contributed by atoms with Gasteiger partial charge < -0.3 is 5.73 Å². The van der Waals surface area contributed by atoms with Crippen molar-refractivity contribution in [1.29, 1.82) is 0 Å². The van der Waals surface area contributed by atoms with E-state index in [0.29, 0.717) is 16.5 Å². The van der Waals surface area contributed by atoms with Crippen molar-refractivity contribution >= 4 is 17.2 Å². The van der Waals surface area contributed by atoms with Gasteiger partial charge >= 0.3 is 4.87 Å². The van der Waals surface area contributed by atoms with Gasteiger partial charge in [-0.1, -0.05) is 17.4 Å². The molecule has 0 unspecified atom stereocenters. The van der Waals surface area contributed by atoms with Gasteiger partial charge in [0.2, 0.25) is 0 Å². The molecule has 2 rings (SSSR count). The minimum absolute atomic E-state index is 0.195. The van der Waals surface area contributed by atoms with Crippen LogP contribution < -0.4 is 10.6 Å². The van der Waals surface area contributed by atoms with E-state index in [4.69, 9.17) is 5.73 Å². The Morgan fingerprint density at radius 3 is 2.92 bits per heavy atom. The Hall–Kier alpha value is -1.69. The summed E-state index contributed by atoms with van der Waals surface area (Å²) in [5.74, 6) is 0.417. The summed E-state index contributed by atoms with van der Waals surface area (Å²) in [7, 11) is 0. The largest absolute Gasteiger partial charge is 0.384 e. The second-order valence-electron chi connectivity index (χ2n) is 2.37. The summed E-state index contributed by atoms with van der Waals surface area (Å²) in [6.07, 6.45) is 0. The lowest BCUT2D eigenvalue weighted by atomic mass is 10.3. The zero-order chi connectivity index (χ0) is 9.26. The molecule has 0 aromatic carbocycles. The number of anilines is 1. The fraction of sp³-hybridized carbons (Fsp3) is 0. The topological polar surface area (TPSA) is 84.7 Å². The highest BCUT2D eigenvalue weighted by molar-refractivity contribution is 7.12. The molecule has 0 amide bonds. The van der Waals surface area contributed by atoms with Crippen molar-refractivity contribution in [1.82, 2.24) is 15.2 Å². The Bertz CT molecular complexity index is 475. The molecule has 2 aromatic heterocycles. The SMILES string of the molecule is Nc1cccc(-c2n[nH]c(=O)s2)n1. The summed E-state index contributed by atoms with van der Waals surface area (Å²) in [5.41, 5.74) is 6.09. The third kappa shape index (κ3) is 1.57. The number of pyridine rings is 1. The predicted molar refractivity (Wildman–Crippen MR) is 50.4 cm³/mol. The number of hydrogen-bond donors (Lipinski definition) is 2. The lowest BCUT2D eigenvalue weighted by Gasteiger charge is -1.94. The van der Waals surface area contributed by atoms with Crippen LogP contribution in [-0.2, 0) is 0 Å². The number of nitrogen functional groups attached to an aromatic ring is 1. The van der Waals surface area contributed by atoms with Crippen LogP contribution in [0.3, 0.4) is 0 Å². The van der Waals surface area contributed by atoms with E-state index in [1.807, 2.05) is 0 Å². The number of rotatable bonds is 1. The molecule has 0 bridgehead atoms. The van der Waals surface area contributed by atoms with Gasteiger partial charge in [-0.05, 0) is 12.1 Å².